The second-order valence-corrected chi connectivity index (χ2v) is 7.72. The summed E-state index contributed by atoms with van der Waals surface area (Å²) in [6.07, 6.45) is 9.42. The van der Waals surface area contributed by atoms with E-state index >= 15 is 0 Å². The van der Waals surface area contributed by atoms with Crippen LogP contribution < -0.4 is 5.32 Å². The van der Waals surface area contributed by atoms with Crippen LogP contribution in [0, 0.1) is 10.8 Å². The van der Waals surface area contributed by atoms with Gasteiger partial charge in [0.2, 0.25) is 0 Å². The molecule has 0 amide bonds. The topological polar surface area (TPSA) is 15.3 Å². The van der Waals surface area contributed by atoms with E-state index in [1.807, 2.05) is 0 Å². The fourth-order valence-electron chi connectivity index (χ4n) is 4.08. The van der Waals surface area contributed by atoms with Gasteiger partial charge in [0.15, 0.2) is 0 Å². The number of likely N-dealkylation sites (tertiary alicyclic amines) is 1. The highest BCUT2D eigenvalue weighted by Gasteiger charge is 2.34. The van der Waals surface area contributed by atoms with Crippen LogP contribution in [-0.4, -0.2) is 37.6 Å². The predicted molar refractivity (Wildman–Crippen MR) is 94.9 cm³/mol. The van der Waals surface area contributed by atoms with Crippen molar-refractivity contribution in [1.29, 1.82) is 0 Å². The van der Waals surface area contributed by atoms with Gasteiger partial charge in [-0.25, -0.2) is 0 Å². The molecule has 21 heavy (non-hydrogen) atoms. The molecule has 0 bridgehead atoms. The molecule has 0 aromatic heterocycles. The quantitative estimate of drug-likeness (QED) is 0.588. The van der Waals surface area contributed by atoms with E-state index in [0.717, 1.165) is 6.54 Å². The summed E-state index contributed by atoms with van der Waals surface area (Å²) in [7, 11) is 0. The maximum Gasteiger partial charge on any atom is 0.00475 e. The summed E-state index contributed by atoms with van der Waals surface area (Å²) in [6.45, 7) is 18.1. The van der Waals surface area contributed by atoms with E-state index in [4.69, 9.17) is 0 Å². The van der Waals surface area contributed by atoms with E-state index in [1.54, 1.807) is 0 Å². The van der Waals surface area contributed by atoms with Crippen LogP contribution in [0.3, 0.4) is 0 Å². The van der Waals surface area contributed by atoms with Crippen LogP contribution in [0.4, 0.5) is 0 Å². The standard InChI is InChI=1S/C19H40N2/c1-6-10-18(5,16-20-13-7-2)17-21-14-11-19(8-3,9-4)12-15-21/h20H,6-17H2,1-5H3. The molecule has 1 unspecified atom stereocenters. The van der Waals surface area contributed by atoms with Crippen molar-refractivity contribution in [2.45, 2.75) is 79.6 Å². The largest absolute Gasteiger partial charge is 0.316 e. The second-order valence-electron chi connectivity index (χ2n) is 7.72. The molecule has 2 nitrogen and oxygen atoms in total. The number of rotatable bonds is 10. The first-order valence-electron chi connectivity index (χ1n) is 9.46. The number of hydrogen-bond acceptors (Lipinski definition) is 2. The molecular formula is C19H40N2. The van der Waals surface area contributed by atoms with Crippen molar-refractivity contribution >= 4 is 0 Å². The monoisotopic (exact) mass is 296 g/mol. The van der Waals surface area contributed by atoms with Crippen molar-refractivity contribution in [1.82, 2.24) is 10.2 Å². The molecule has 0 spiro atoms. The fourth-order valence-corrected chi connectivity index (χ4v) is 4.08. The molecule has 126 valence electrons. The minimum Gasteiger partial charge on any atom is -0.316 e. The van der Waals surface area contributed by atoms with E-state index in [0.29, 0.717) is 10.8 Å². The molecule has 1 atom stereocenters. The van der Waals surface area contributed by atoms with Gasteiger partial charge in [0, 0.05) is 13.1 Å². The van der Waals surface area contributed by atoms with Crippen molar-refractivity contribution in [2.75, 3.05) is 32.7 Å². The van der Waals surface area contributed by atoms with Crippen molar-refractivity contribution < 1.29 is 0 Å². The highest BCUT2D eigenvalue weighted by molar-refractivity contribution is 4.87. The summed E-state index contributed by atoms with van der Waals surface area (Å²) in [4.78, 5) is 2.74. The fraction of sp³-hybridized carbons (Fsp3) is 1.00. The minimum absolute atomic E-state index is 0.447. The van der Waals surface area contributed by atoms with Gasteiger partial charge in [0.05, 0.1) is 0 Å². The molecule has 2 heteroatoms. The van der Waals surface area contributed by atoms with Crippen LogP contribution >= 0.6 is 0 Å². The highest BCUT2D eigenvalue weighted by atomic mass is 15.1. The second kappa shape index (κ2) is 9.15. The number of nitrogens with one attached hydrogen (secondary N) is 1. The summed E-state index contributed by atoms with van der Waals surface area (Å²) in [5.74, 6) is 0. The lowest BCUT2D eigenvalue weighted by atomic mass is 9.73. The molecule has 0 aromatic rings. The molecule has 1 saturated heterocycles. The average molecular weight is 297 g/mol. The van der Waals surface area contributed by atoms with E-state index in [2.05, 4.69) is 44.8 Å². The molecule has 0 saturated carbocycles. The average Bonchev–Trinajstić information content (AvgIpc) is 2.49. The third-order valence-corrected chi connectivity index (χ3v) is 5.85. The molecule has 1 aliphatic rings. The Hall–Kier alpha value is -0.0800. The smallest absolute Gasteiger partial charge is 0.00475 e. The molecule has 1 fully saturated rings. The molecule has 0 aliphatic carbocycles. The van der Waals surface area contributed by atoms with Gasteiger partial charge < -0.3 is 10.2 Å². The number of nitrogens with zero attached hydrogens (tertiary/aromatic N) is 1. The Labute approximate surface area is 134 Å². The summed E-state index contributed by atoms with van der Waals surface area (Å²) in [6, 6.07) is 0. The lowest BCUT2D eigenvalue weighted by Gasteiger charge is -2.44. The van der Waals surface area contributed by atoms with E-state index in [1.165, 1.54) is 71.1 Å². The molecule has 1 heterocycles. The maximum absolute atomic E-state index is 3.66. The van der Waals surface area contributed by atoms with Crippen LogP contribution in [0.2, 0.25) is 0 Å². The third kappa shape index (κ3) is 5.90. The first-order valence-corrected chi connectivity index (χ1v) is 9.46. The Morgan fingerprint density at radius 3 is 2.10 bits per heavy atom. The zero-order valence-electron chi connectivity index (χ0n) is 15.4. The van der Waals surface area contributed by atoms with E-state index in [9.17, 15) is 0 Å². The highest BCUT2D eigenvalue weighted by Crippen LogP contribution is 2.38. The zero-order chi connectivity index (χ0) is 15.8. The Morgan fingerprint density at radius 2 is 1.62 bits per heavy atom. The van der Waals surface area contributed by atoms with Crippen LogP contribution in [0.15, 0.2) is 0 Å². The van der Waals surface area contributed by atoms with Gasteiger partial charge in [0.1, 0.15) is 0 Å². The molecule has 1 N–H and O–H groups in total. The van der Waals surface area contributed by atoms with Gasteiger partial charge in [-0.15, -0.1) is 0 Å². The summed E-state index contributed by atoms with van der Waals surface area (Å²) in [5.41, 5.74) is 1.10. The molecule has 0 aromatic carbocycles. The van der Waals surface area contributed by atoms with Gasteiger partial charge in [0.25, 0.3) is 0 Å². The Morgan fingerprint density at radius 1 is 1.00 bits per heavy atom. The van der Waals surface area contributed by atoms with Crippen molar-refractivity contribution in [3.8, 4) is 0 Å². The maximum atomic E-state index is 3.66. The summed E-state index contributed by atoms with van der Waals surface area (Å²) in [5, 5.41) is 3.66. The lowest BCUT2D eigenvalue weighted by molar-refractivity contribution is 0.0613. The Kier molecular flexibility index (Phi) is 8.26. The van der Waals surface area contributed by atoms with E-state index < -0.39 is 0 Å². The first kappa shape index (κ1) is 19.0. The van der Waals surface area contributed by atoms with Crippen LogP contribution in [0.5, 0.6) is 0 Å². The molecular weight excluding hydrogens is 256 g/mol. The Balaban J connectivity index is 2.49. The number of hydrogen-bond donors (Lipinski definition) is 1. The SMILES string of the molecule is CCCNCC(C)(CCC)CN1CCC(CC)(CC)CC1. The van der Waals surface area contributed by atoms with Gasteiger partial charge in [-0.05, 0) is 56.1 Å². The Bertz CT molecular complexity index is 263. The number of piperidine rings is 1. The third-order valence-electron chi connectivity index (χ3n) is 5.85. The first-order chi connectivity index (χ1) is 10.0. The molecule has 1 rings (SSSR count). The summed E-state index contributed by atoms with van der Waals surface area (Å²) < 4.78 is 0. The van der Waals surface area contributed by atoms with Crippen LogP contribution in [-0.2, 0) is 0 Å². The zero-order valence-corrected chi connectivity index (χ0v) is 15.4. The normalized spacial score (nSPS) is 22.1. The van der Waals surface area contributed by atoms with Gasteiger partial charge in [-0.2, -0.15) is 0 Å². The predicted octanol–water partition coefficient (Wildman–Crippen LogP) is 4.69. The van der Waals surface area contributed by atoms with Gasteiger partial charge >= 0.3 is 0 Å². The van der Waals surface area contributed by atoms with Crippen molar-refractivity contribution in [2.24, 2.45) is 10.8 Å². The minimum atomic E-state index is 0.447. The van der Waals surface area contributed by atoms with Crippen molar-refractivity contribution in [3.63, 3.8) is 0 Å². The van der Waals surface area contributed by atoms with Crippen molar-refractivity contribution in [3.05, 3.63) is 0 Å². The molecule has 1 aliphatic heterocycles. The van der Waals surface area contributed by atoms with Crippen LogP contribution in [0.25, 0.3) is 0 Å². The molecule has 0 radical (unpaired) electrons. The van der Waals surface area contributed by atoms with Crippen LogP contribution in [0.1, 0.15) is 79.6 Å². The van der Waals surface area contributed by atoms with Gasteiger partial charge in [-0.3, -0.25) is 0 Å². The van der Waals surface area contributed by atoms with Gasteiger partial charge in [-0.1, -0.05) is 53.9 Å². The van der Waals surface area contributed by atoms with E-state index in [-0.39, 0.29) is 0 Å². The summed E-state index contributed by atoms with van der Waals surface area (Å²) >= 11 is 0. The lowest BCUT2D eigenvalue weighted by Crippen LogP contribution is -2.47.